The fourth-order valence-corrected chi connectivity index (χ4v) is 2.55. The fourth-order valence-electron chi connectivity index (χ4n) is 2.55. The van der Waals surface area contributed by atoms with Crippen LogP contribution in [0, 0.1) is 12.3 Å². The van der Waals surface area contributed by atoms with E-state index in [-0.39, 0.29) is 5.41 Å². The second-order valence-electron chi connectivity index (χ2n) is 6.85. The van der Waals surface area contributed by atoms with Gasteiger partial charge in [-0.15, -0.1) is 0 Å². The summed E-state index contributed by atoms with van der Waals surface area (Å²) in [5.41, 5.74) is 3.14. The molecule has 3 heteroatoms. The van der Waals surface area contributed by atoms with Crippen LogP contribution in [0.3, 0.4) is 0 Å². The first-order valence-electron chi connectivity index (χ1n) is 7.53. The molecule has 3 aromatic rings. The highest BCUT2D eigenvalue weighted by Gasteiger charge is 2.12. The predicted octanol–water partition coefficient (Wildman–Crippen LogP) is 5.52. The van der Waals surface area contributed by atoms with Crippen LogP contribution in [0.1, 0.15) is 32.2 Å². The number of oxazole rings is 1. The lowest BCUT2D eigenvalue weighted by Gasteiger charge is -2.18. The SMILES string of the molecule is Cc1nc2ccc(Oc3cccc(CC(C)(C)C)c3)cc2o1. The zero-order valence-corrected chi connectivity index (χ0v) is 13.5. The third-order valence-electron chi connectivity index (χ3n) is 3.34. The molecular formula is C19H21NO2. The van der Waals surface area contributed by atoms with E-state index in [0.29, 0.717) is 5.89 Å². The van der Waals surface area contributed by atoms with Gasteiger partial charge in [-0.2, -0.15) is 0 Å². The number of aromatic nitrogens is 1. The van der Waals surface area contributed by atoms with Crippen LogP contribution in [0.5, 0.6) is 11.5 Å². The van der Waals surface area contributed by atoms with Crippen molar-refractivity contribution in [1.29, 1.82) is 0 Å². The summed E-state index contributed by atoms with van der Waals surface area (Å²) in [6.45, 7) is 8.55. The van der Waals surface area contributed by atoms with Crippen molar-refractivity contribution in [3.05, 3.63) is 53.9 Å². The maximum Gasteiger partial charge on any atom is 0.192 e. The second kappa shape index (κ2) is 5.48. The number of hydrogen-bond acceptors (Lipinski definition) is 3. The van der Waals surface area contributed by atoms with Crippen molar-refractivity contribution >= 4 is 11.1 Å². The quantitative estimate of drug-likeness (QED) is 0.638. The average molecular weight is 295 g/mol. The molecule has 0 bridgehead atoms. The van der Waals surface area contributed by atoms with Crippen LogP contribution >= 0.6 is 0 Å². The van der Waals surface area contributed by atoms with Gasteiger partial charge in [0.1, 0.15) is 17.0 Å². The van der Waals surface area contributed by atoms with E-state index in [4.69, 9.17) is 9.15 Å². The second-order valence-corrected chi connectivity index (χ2v) is 6.85. The fraction of sp³-hybridized carbons (Fsp3) is 0.316. The number of aryl methyl sites for hydroxylation is 1. The van der Waals surface area contributed by atoms with Gasteiger partial charge in [0, 0.05) is 13.0 Å². The Labute approximate surface area is 130 Å². The summed E-state index contributed by atoms with van der Waals surface area (Å²) in [5.74, 6) is 2.27. The van der Waals surface area contributed by atoms with E-state index in [2.05, 4.69) is 37.9 Å². The largest absolute Gasteiger partial charge is 0.457 e. The van der Waals surface area contributed by atoms with Gasteiger partial charge in [0.2, 0.25) is 0 Å². The van der Waals surface area contributed by atoms with Gasteiger partial charge in [-0.3, -0.25) is 0 Å². The van der Waals surface area contributed by atoms with E-state index in [0.717, 1.165) is 29.0 Å². The summed E-state index contributed by atoms with van der Waals surface area (Å²) in [4.78, 5) is 4.29. The van der Waals surface area contributed by atoms with Gasteiger partial charge >= 0.3 is 0 Å². The average Bonchev–Trinajstić information content (AvgIpc) is 2.76. The van der Waals surface area contributed by atoms with E-state index in [1.165, 1.54) is 5.56 Å². The first-order valence-corrected chi connectivity index (χ1v) is 7.53. The summed E-state index contributed by atoms with van der Waals surface area (Å²) in [5, 5.41) is 0. The Morgan fingerprint density at radius 2 is 1.82 bits per heavy atom. The maximum atomic E-state index is 5.96. The van der Waals surface area contributed by atoms with Crippen LogP contribution in [0.4, 0.5) is 0 Å². The molecule has 1 heterocycles. The van der Waals surface area contributed by atoms with Gasteiger partial charge in [0.25, 0.3) is 0 Å². The summed E-state index contributed by atoms with van der Waals surface area (Å²) in [7, 11) is 0. The smallest absolute Gasteiger partial charge is 0.192 e. The third-order valence-corrected chi connectivity index (χ3v) is 3.34. The first-order chi connectivity index (χ1) is 10.4. The molecule has 0 saturated heterocycles. The molecule has 114 valence electrons. The van der Waals surface area contributed by atoms with Crippen LogP contribution < -0.4 is 4.74 Å². The Morgan fingerprint density at radius 1 is 1.05 bits per heavy atom. The van der Waals surface area contributed by atoms with Crippen LogP contribution in [-0.2, 0) is 6.42 Å². The van der Waals surface area contributed by atoms with Crippen molar-refractivity contribution in [3.63, 3.8) is 0 Å². The Bertz CT molecular complexity index is 797. The van der Waals surface area contributed by atoms with E-state index in [1.807, 2.05) is 37.3 Å². The van der Waals surface area contributed by atoms with Gasteiger partial charge < -0.3 is 9.15 Å². The summed E-state index contributed by atoms with van der Waals surface area (Å²) < 4.78 is 11.5. The summed E-state index contributed by atoms with van der Waals surface area (Å²) in [6, 6.07) is 14.0. The van der Waals surface area contributed by atoms with Crippen LogP contribution in [0.2, 0.25) is 0 Å². The van der Waals surface area contributed by atoms with E-state index < -0.39 is 0 Å². The van der Waals surface area contributed by atoms with Crippen molar-refractivity contribution in [2.45, 2.75) is 34.1 Å². The number of ether oxygens (including phenoxy) is 1. The molecule has 0 unspecified atom stereocenters. The van der Waals surface area contributed by atoms with Crippen LogP contribution in [0.15, 0.2) is 46.9 Å². The molecule has 0 fully saturated rings. The minimum Gasteiger partial charge on any atom is -0.457 e. The molecule has 0 aliphatic rings. The van der Waals surface area contributed by atoms with Crippen LogP contribution in [0.25, 0.3) is 11.1 Å². The summed E-state index contributed by atoms with van der Waals surface area (Å²) >= 11 is 0. The predicted molar refractivity (Wildman–Crippen MR) is 88.4 cm³/mol. The van der Waals surface area contributed by atoms with Crippen molar-refractivity contribution < 1.29 is 9.15 Å². The molecule has 0 saturated carbocycles. The van der Waals surface area contributed by atoms with Gasteiger partial charge in [-0.1, -0.05) is 32.9 Å². The lowest BCUT2D eigenvalue weighted by molar-refractivity contribution is 0.409. The normalized spacial score (nSPS) is 11.8. The molecule has 0 N–H and O–H groups in total. The lowest BCUT2D eigenvalue weighted by Crippen LogP contribution is -2.08. The number of hydrogen-bond donors (Lipinski definition) is 0. The highest BCUT2D eigenvalue weighted by molar-refractivity contribution is 5.74. The Morgan fingerprint density at radius 3 is 2.59 bits per heavy atom. The van der Waals surface area contributed by atoms with Crippen molar-refractivity contribution in [3.8, 4) is 11.5 Å². The molecule has 0 radical (unpaired) electrons. The molecule has 0 atom stereocenters. The van der Waals surface area contributed by atoms with Gasteiger partial charge in [0.15, 0.2) is 11.5 Å². The third kappa shape index (κ3) is 3.48. The highest BCUT2D eigenvalue weighted by Crippen LogP contribution is 2.28. The maximum absolute atomic E-state index is 5.96. The van der Waals surface area contributed by atoms with Gasteiger partial charge in [-0.25, -0.2) is 4.98 Å². The monoisotopic (exact) mass is 295 g/mol. The zero-order chi connectivity index (χ0) is 15.7. The first kappa shape index (κ1) is 14.6. The Balaban J connectivity index is 1.83. The van der Waals surface area contributed by atoms with Crippen molar-refractivity contribution in [2.24, 2.45) is 5.41 Å². The molecule has 2 aromatic carbocycles. The van der Waals surface area contributed by atoms with Crippen molar-refractivity contribution in [2.75, 3.05) is 0 Å². The Hall–Kier alpha value is -2.29. The number of rotatable bonds is 3. The lowest BCUT2D eigenvalue weighted by atomic mass is 9.88. The molecule has 1 aromatic heterocycles. The molecule has 3 rings (SSSR count). The van der Waals surface area contributed by atoms with E-state index >= 15 is 0 Å². The molecule has 3 nitrogen and oxygen atoms in total. The number of fused-ring (bicyclic) bond motifs is 1. The molecule has 0 aliphatic heterocycles. The number of benzene rings is 2. The van der Waals surface area contributed by atoms with Crippen LogP contribution in [-0.4, -0.2) is 4.98 Å². The van der Waals surface area contributed by atoms with E-state index in [9.17, 15) is 0 Å². The molecule has 0 aliphatic carbocycles. The minimum atomic E-state index is 0.259. The van der Waals surface area contributed by atoms with Gasteiger partial charge in [-0.05, 0) is 41.7 Å². The van der Waals surface area contributed by atoms with E-state index in [1.54, 1.807) is 0 Å². The molecule has 0 amide bonds. The Kier molecular flexibility index (Phi) is 3.65. The standard InChI is InChI=1S/C19H21NO2/c1-13-20-17-9-8-16(11-18(17)21-13)22-15-7-5-6-14(10-15)12-19(2,3)4/h5-11H,12H2,1-4H3. The molecular weight excluding hydrogens is 274 g/mol. The van der Waals surface area contributed by atoms with Gasteiger partial charge in [0.05, 0.1) is 0 Å². The topological polar surface area (TPSA) is 35.3 Å². The highest BCUT2D eigenvalue weighted by atomic mass is 16.5. The van der Waals surface area contributed by atoms with Crippen molar-refractivity contribution in [1.82, 2.24) is 4.98 Å². The summed E-state index contributed by atoms with van der Waals surface area (Å²) in [6.07, 6.45) is 1.02. The zero-order valence-electron chi connectivity index (χ0n) is 13.5. The number of nitrogens with zero attached hydrogens (tertiary/aromatic N) is 1. The minimum absolute atomic E-state index is 0.259. The molecule has 22 heavy (non-hydrogen) atoms. The molecule has 0 spiro atoms.